The molecular weight excluding hydrogens is 276 g/mol. The molecule has 0 radical (unpaired) electrons. The third kappa shape index (κ3) is 3.47. The van der Waals surface area contributed by atoms with E-state index >= 15 is 0 Å². The molecule has 0 fully saturated rings. The molecule has 0 saturated carbocycles. The molecule has 2 aromatic rings. The van der Waals surface area contributed by atoms with Crippen LogP contribution in [0.2, 0.25) is 0 Å². The molecule has 1 heterocycles. The number of benzene rings is 1. The SMILES string of the molecule is CCC(N)c1cccc(S(=O)(=O)NCc2ccoc2)c1. The van der Waals surface area contributed by atoms with Crippen LogP contribution >= 0.6 is 0 Å². The zero-order valence-corrected chi connectivity index (χ0v) is 12.1. The molecule has 3 N–H and O–H groups in total. The topological polar surface area (TPSA) is 85.3 Å². The molecule has 1 aromatic carbocycles. The summed E-state index contributed by atoms with van der Waals surface area (Å²) < 4.78 is 31.8. The van der Waals surface area contributed by atoms with Crippen LogP contribution in [0, 0.1) is 0 Å². The highest BCUT2D eigenvalue weighted by Gasteiger charge is 2.15. The summed E-state index contributed by atoms with van der Waals surface area (Å²) in [6.07, 6.45) is 3.77. The Morgan fingerprint density at radius 2 is 2.15 bits per heavy atom. The van der Waals surface area contributed by atoms with E-state index in [1.54, 1.807) is 24.3 Å². The minimum atomic E-state index is -3.55. The van der Waals surface area contributed by atoms with E-state index in [9.17, 15) is 8.42 Å². The lowest BCUT2D eigenvalue weighted by atomic mass is 10.1. The van der Waals surface area contributed by atoms with Crippen molar-refractivity contribution in [1.82, 2.24) is 4.72 Å². The van der Waals surface area contributed by atoms with E-state index in [-0.39, 0.29) is 17.5 Å². The molecule has 0 aliphatic carbocycles. The zero-order chi connectivity index (χ0) is 14.6. The minimum Gasteiger partial charge on any atom is -0.472 e. The first-order valence-corrected chi connectivity index (χ1v) is 7.87. The number of nitrogens with two attached hydrogens (primary N) is 1. The van der Waals surface area contributed by atoms with Crippen LogP contribution in [0.4, 0.5) is 0 Å². The fourth-order valence-corrected chi connectivity index (χ4v) is 2.88. The van der Waals surface area contributed by atoms with Crippen LogP contribution < -0.4 is 10.5 Å². The number of sulfonamides is 1. The lowest BCUT2D eigenvalue weighted by Crippen LogP contribution is -2.23. The summed E-state index contributed by atoms with van der Waals surface area (Å²) in [5.41, 5.74) is 7.52. The average molecular weight is 294 g/mol. The van der Waals surface area contributed by atoms with Crippen molar-refractivity contribution >= 4 is 10.0 Å². The molecule has 0 bridgehead atoms. The summed E-state index contributed by atoms with van der Waals surface area (Å²) in [7, 11) is -3.55. The fraction of sp³-hybridized carbons (Fsp3) is 0.286. The highest BCUT2D eigenvalue weighted by atomic mass is 32.2. The second-order valence-electron chi connectivity index (χ2n) is 4.54. The van der Waals surface area contributed by atoms with Crippen LogP contribution in [0.1, 0.15) is 30.5 Å². The molecule has 0 aliphatic rings. The van der Waals surface area contributed by atoms with Crippen LogP contribution in [0.25, 0.3) is 0 Å². The number of hydrogen-bond acceptors (Lipinski definition) is 4. The summed E-state index contributed by atoms with van der Waals surface area (Å²) in [5, 5.41) is 0. The van der Waals surface area contributed by atoms with Crippen molar-refractivity contribution in [2.24, 2.45) is 5.73 Å². The summed E-state index contributed by atoms with van der Waals surface area (Å²) in [6.45, 7) is 2.16. The Hall–Kier alpha value is -1.63. The maximum Gasteiger partial charge on any atom is 0.240 e. The molecule has 0 aliphatic heterocycles. The first-order valence-electron chi connectivity index (χ1n) is 6.39. The molecule has 2 rings (SSSR count). The van der Waals surface area contributed by atoms with Crippen molar-refractivity contribution in [1.29, 1.82) is 0 Å². The quantitative estimate of drug-likeness (QED) is 0.855. The summed E-state index contributed by atoms with van der Waals surface area (Å²) in [6, 6.07) is 8.28. The second-order valence-corrected chi connectivity index (χ2v) is 6.31. The van der Waals surface area contributed by atoms with Gasteiger partial charge in [0.25, 0.3) is 0 Å². The number of nitrogens with one attached hydrogen (secondary N) is 1. The molecule has 1 atom stereocenters. The van der Waals surface area contributed by atoms with Crippen LogP contribution in [0.5, 0.6) is 0 Å². The van der Waals surface area contributed by atoms with Gasteiger partial charge in [0.1, 0.15) is 0 Å². The van der Waals surface area contributed by atoms with Crippen molar-refractivity contribution in [3.05, 3.63) is 54.0 Å². The molecule has 0 spiro atoms. The van der Waals surface area contributed by atoms with E-state index in [1.807, 2.05) is 13.0 Å². The van der Waals surface area contributed by atoms with Gasteiger partial charge < -0.3 is 10.2 Å². The lowest BCUT2D eigenvalue weighted by Gasteiger charge is -2.11. The van der Waals surface area contributed by atoms with Crippen LogP contribution in [0.3, 0.4) is 0 Å². The Balaban J connectivity index is 2.16. The van der Waals surface area contributed by atoms with E-state index in [1.165, 1.54) is 12.5 Å². The molecule has 0 saturated heterocycles. The van der Waals surface area contributed by atoms with E-state index in [2.05, 4.69) is 4.72 Å². The Labute approximate surface area is 118 Å². The van der Waals surface area contributed by atoms with Gasteiger partial charge in [0.15, 0.2) is 0 Å². The van der Waals surface area contributed by atoms with Gasteiger partial charge in [-0.25, -0.2) is 13.1 Å². The highest BCUT2D eigenvalue weighted by Crippen LogP contribution is 2.18. The van der Waals surface area contributed by atoms with Gasteiger partial charge in [-0.15, -0.1) is 0 Å². The molecule has 20 heavy (non-hydrogen) atoms. The predicted octanol–water partition coefficient (Wildman–Crippen LogP) is 2.17. The molecule has 1 aromatic heterocycles. The van der Waals surface area contributed by atoms with Gasteiger partial charge in [0.2, 0.25) is 10.0 Å². The van der Waals surface area contributed by atoms with Crippen molar-refractivity contribution in [3.8, 4) is 0 Å². The highest BCUT2D eigenvalue weighted by molar-refractivity contribution is 7.89. The normalized spacial score (nSPS) is 13.3. The van der Waals surface area contributed by atoms with Gasteiger partial charge in [-0.2, -0.15) is 0 Å². The first-order chi connectivity index (χ1) is 9.53. The van der Waals surface area contributed by atoms with Crippen molar-refractivity contribution in [2.45, 2.75) is 30.8 Å². The van der Waals surface area contributed by atoms with Crippen LogP contribution in [0.15, 0.2) is 52.2 Å². The van der Waals surface area contributed by atoms with Crippen molar-refractivity contribution in [3.63, 3.8) is 0 Å². The van der Waals surface area contributed by atoms with Crippen LogP contribution in [-0.4, -0.2) is 8.42 Å². The van der Waals surface area contributed by atoms with E-state index in [4.69, 9.17) is 10.2 Å². The first kappa shape index (κ1) is 14.8. The monoisotopic (exact) mass is 294 g/mol. The third-order valence-corrected chi connectivity index (χ3v) is 4.48. The van der Waals surface area contributed by atoms with Gasteiger partial charge in [-0.3, -0.25) is 0 Å². The molecule has 6 heteroatoms. The predicted molar refractivity (Wildman–Crippen MR) is 76.4 cm³/mol. The minimum absolute atomic E-state index is 0.154. The molecule has 5 nitrogen and oxygen atoms in total. The largest absolute Gasteiger partial charge is 0.472 e. The van der Waals surface area contributed by atoms with Crippen molar-refractivity contribution in [2.75, 3.05) is 0 Å². The average Bonchev–Trinajstić information content (AvgIpc) is 2.98. The standard InChI is InChI=1S/C14H18N2O3S/c1-2-14(15)12-4-3-5-13(8-12)20(17,18)16-9-11-6-7-19-10-11/h3-8,10,14,16H,2,9,15H2,1H3. The summed E-state index contributed by atoms with van der Waals surface area (Å²) in [4.78, 5) is 0.224. The lowest BCUT2D eigenvalue weighted by molar-refractivity contribution is 0.561. The van der Waals surface area contributed by atoms with Gasteiger partial charge in [-0.05, 0) is 30.2 Å². The van der Waals surface area contributed by atoms with Crippen LogP contribution in [-0.2, 0) is 16.6 Å². The van der Waals surface area contributed by atoms with E-state index in [0.717, 1.165) is 17.5 Å². The smallest absolute Gasteiger partial charge is 0.240 e. The van der Waals surface area contributed by atoms with Gasteiger partial charge in [-0.1, -0.05) is 19.1 Å². The summed E-state index contributed by atoms with van der Waals surface area (Å²) in [5.74, 6) is 0. The molecule has 1 unspecified atom stereocenters. The Kier molecular flexibility index (Phi) is 4.59. The Morgan fingerprint density at radius 3 is 2.80 bits per heavy atom. The maximum atomic E-state index is 12.2. The molecule has 0 amide bonds. The van der Waals surface area contributed by atoms with Gasteiger partial charge in [0, 0.05) is 18.2 Å². The summed E-state index contributed by atoms with van der Waals surface area (Å²) >= 11 is 0. The number of hydrogen-bond donors (Lipinski definition) is 2. The number of furan rings is 1. The Morgan fingerprint density at radius 1 is 1.35 bits per heavy atom. The number of rotatable bonds is 6. The van der Waals surface area contributed by atoms with Gasteiger partial charge >= 0.3 is 0 Å². The molecular formula is C14H18N2O3S. The zero-order valence-electron chi connectivity index (χ0n) is 11.2. The maximum absolute atomic E-state index is 12.2. The third-order valence-electron chi connectivity index (χ3n) is 3.08. The van der Waals surface area contributed by atoms with E-state index in [0.29, 0.717) is 0 Å². The fourth-order valence-electron chi connectivity index (χ4n) is 1.80. The molecule has 108 valence electrons. The second kappa shape index (κ2) is 6.21. The Bertz CT molecular complexity index is 651. The van der Waals surface area contributed by atoms with Gasteiger partial charge in [0.05, 0.1) is 17.4 Å². The van der Waals surface area contributed by atoms with Crippen molar-refractivity contribution < 1.29 is 12.8 Å². The van der Waals surface area contributed by atoms with E-state index < -0.39 is 10.0 Å².